The second-order valence-electron chi connectivity index (χ2n) is 4.64. The first kappa shape index (κ1) is 14.8. The van der Waals surface area contributed by atoms with Gasteiger partial charge in [-0.15, -0.1) is 0 Å². The van der Waals surface area contributed by atoms with Gasteiger partial charge in [0, 0.05) is 5.56 Å². The highest BCUT2D eigenvalue weighted by Crippen LogP contribution is 2.27. The normalized spacial score (nSPS) is 10.9. The third-order valence-electron chi connectivity index (χ3n) is 3.25. The Kier molecular flexibility index (Phi) is 4.33. The molecule has 0 aliphatic rings. The lowest BCUT2D eigenvalue weighted by molar-refractivity contribution is 0.334. The van der Waals surface area contributed by atoms with E-state index in [2.05, 4.69) is 15.1 Å². The molecule has 0 N–H and O–H groups in total. The molecule has 2 aromatic carbocycles. The van der Waals surface area contributed by atoms with E-state index in [0.717, 1.165) is 16.5 Å². The van der Waals surface area contributed by atoms with Crippen molar-refractivity contribution < 1.29 is 14.3 Å². The summed E-state index contributed by atoms with van der Waals surface area (Å²) in [4.78, 5) is 13.7. The van der Waals surface area contributed by atoms with Crippen LogP contribution < -0.4 is 14.3 Å². The second-order valence-corrected chi connectivity index (χ2v) is 4.64. The van der Waals surface area contributed by atoms with Crippen molar-refractivity contribution in [1.29, 1.82) is 0 Å². The molecule has 0 saturated carbocycles. The summed E-state index contributed by atoms with van der Waals surface area (Å²) in [7, 11) is 3.18. The minimum absolute atomic E-state index is 0.410. The molecule has 116 valence electrons. The molecule has 0 atom stereocenters. The molecule has 0 amide bonds. The number of ether oxygens (including phenoxy) is 2. The van der Waals surface area contributed by atoms with E-state index in [1.54, 1.807) is 26.5 Å². The first-order chi connectivity index (χ1) is 11.3. The first-order valence-corrected chi connectivity index (χ1v) is 6.94. The van der Waals surface area contributed by atoms with Crippen LogP contribution in [0.5, 0.6) is 17.4 Å². The van der Waals surface area contributed by atoms with E-state index in [9.17, 15) is 0 Å². The molecule has 6 heteroatoms. The summed E-state index contributed by atoms with van der Waals surface area (Å²) < 4.78 is 10.4. The lowest BCUT2D eigenvalue weighted by atomic mass is 10.2. The smallest absolute Gasteiger partial charge is 0.259 e. The minimum Gasteiger partial charge on any atom is -0.493 e. The molecular weight excluding hydrogens is 294 g/mol. The lowest BCUT2D eigenvalue weighted by Crippen LogP contribution is -1.94. The maximum atomic E-state index is 5.40. The topological polar surface area (TPSA) is 65.8 Å². The van der Waals surface area contributed by atoms with Crippen molar-refractivity contribution in [3.63, 3.8) is 0 Å². The van der Waals surface area contributed by atoms with Crippen molar-refractivity contribution in [3.8, 4) is 17.4 Å². The van der Waals surface area contributed by atoms with Gasteiger partial charge in [-0.1, -0.05) is 17.3 Å². The second kappa shape index (κ2) is 6.74. The van der Waals surface area contributed by atoms with E-state index in [-0.39, 0.29) is 0 Å². The van der Waals surface area contributed by atoms with E-state index in [4.69, 9.17) is 14.3 Å². The molecule has 0 aliphatic carbocycles. The fourth-order valence-corrected chi connectivity index (χ4v) is 2.12. The summed E-state index contributed by atoms with van der Waals surface area (Å²) in [6.45, 7) is 0. The van der Waals surface area contributed by atoms with Crippen LogP contribution >= 0.6 is 0 Å². The third-order valence-corrected chi connectivity index (χ3v) is 3.25. The molecule has 1 aromatic heterocycles. The Balaban J connectivity index is 1.81. The fraction of sp³-hybridized carbons (Fsp3) is 0.118. The summed E-state index contributed by atoms with van der Waals surface area (Å²) in [5.74, 6) is 1.70. The van der Waals surface area contributed by atoms with Gasteiger partial charge in [-0.3, -0.25) is 0 Å². The van der Waals surface area contributed by atoms with Crippen molar-refractivity contribution in [3.05, 3.63) is 54.4 Å². The largest absolute Gasteiger partial charge is 0.493 e. The molecule has 0 unspecified atom stereocenters. The number of benzene rings is 2. The predicted octanol–water partition coefficient (Wildman–Crippen LogP) is 3.06. The fourth-order valence-electron chi connectivity index (χ4n) is 2.12. The molecule has 3 aromatic rings. The maximum Gasteiger partial charge on any atom is 0.259 e. The van der Waals surface area contributed by atoms with Crippen LogP contribution in [0.3, 0.4) is 0 Å². The highest BCUT2D eigenvalue weighted by atomic mass is 16.6. The average molecular weight is 309 g/mol. The van der Waals surface area contributed by atoms with Crippen LogP contribution in [-0.4, -0.2) is 30.4 Å². The Morgan fingerprint density at radius 3 is 2.61 bits per heavy atom. The molecule has 0 aliphatic heterocycles. The molecule has 6 nitrogen and oxygen atoms in total. The summed E-state index contributed by atoms with van der Waals surface area (Å²) in [6, 6.07) is 13.1. The maximum absolute atomic E-state index is 5.40. The van der Waals surface area contributed by atoms with Crippen molar-refractivity contribution in [1.82, 2.24) is 9.97 Å². The Bertz CT molecular complexity index is 844. The molecule has 0 spiro atoms. The van der Waals surface area contributed by atoms with E-state index >= 15 is 0 Å². The number of hydrogen-bond acceptors (Lipinski definition) is 6. The van der Waals surface area contributed by atoms with Crippen LogP contribution in [0.4, 0.5) is 0 Å². The van der Waals surface area contributed by atoms with E-state index < -0.39 is 0 Å². The molecule has 0 bridgehead atoms. The number of para-hydroxylation sites is 1. The van der Waals surface area contributed by atoms with Crippen LogP contribution in [0.15, 0.2) is 53.9 Å². The monoisotopic (exact) mass is 309 g/mol. The van der Waals surface area contributed by atoms with E-state index in [0.29, 0.717) is 17.4 Å². The SMILES string of the molecule is COc1ccc(/C=N\Oc2ncnc3ccccc23)cc1OC. The van der Waals surface area contributed by atoms with Gasteiger partial charge in [-0.05, 0) is 30.3 Å². The van der Waals surface area contributed by atoms with Crippen molar-refractivity contribution in [2.45, 2.75) is 0 Å². The Morgan fingerprint density at radius 2 is 1.78 bits per heavy atom. The van der Waals surface area contributed by atoms with Gasteiger partial charge in [0.25, 0.3) is 5.88 Å². The number of nitrogens with zero attached hydrogens (tertiary/aromatic N) is 3. The van der Waals surface area contributed by atoms with Crippen molar-refractivity contribution >= 4 is 17.1 Å². The number of rotatable bonds is 5. The molecule has 0 saturated heterocycles. The van der Waals surface area contributed by atoms with Gasteiger partial charge in [0.1, 0.15) is 6.33 Å². The molecule has 3 rings (SSSR count). The quantitative estimate of drug-likeness (QED) is 0.535. The minimum atomic E-state index is 0.410. The number of methoxy groups -OCH3 is 2. The molecule has 1 heterocycles. The van der Waals surface area contributed by atoms with Crippen LogP contribution in [0, 0.1) is 0 Å². The highest BCUT2D eigenvalue weighted by molar-refractivity contribution is 5.83. The van der Waals surface area contributed by atoms with Crippen LogP contribution in [0.2, 0.25) is 0 Å². The Hall–Kier alpha value is -3.15. The van der Waals surface area contributed by atoms with E-state index in [1.807, 2.05) is 36.4 Å². The van der Waals surface area contributed by atoms with Gasteiger partial charge < -0.3 is 14.3 Å². The van der Waals surface area contributed by atoms with Crippen LogP contribution in [-0.2, 0) is 0 Å². The predicted molar refractivity (Wildman–Crippen MR) is 87.3 cm³/mol. The van der Waals surface area contributed by atoms with Gasteiger partial charge in [-0.2, -0.15) is 4.98 Å². The summed E-state index contributed by atoms with van der Waals surface area (Å²) >= 11 is 0. The summed E-state index contributed by atoms with van der Waals surface area (Å²) in [5, 5.41) is 4.79. The van der Waals surface area contributed by atoms with Gasteiger partial charge >= 0.3 is 0 Å². The van der Waals surface area contributed by atoms with Gasteiger partial charge in [-0.25, -0.2) is 4.98 Å². The number of oxime groups is 1. The van der Waals surface area contributed by atoms with Crippen molar-refractivity contribution in [2.75, 3.05) is 14.2 Å². The van der Waals surface area contributed by atoms with Gasteiger partial charge in [0.15, 0.2) is 11.5 Å². The zero-order chi connectivity index (χ0) is 16.1. The molecule has 23 heavy (non-hydrogen) atoms. The molecule has 0 radical (unpaired) electrons. The van der Waals surface area contributed by atoms with Crippen LogP contribution in [0.1, 0.15) is 5.56 Å². The first-order valence-electron chi connectivity index (χ1n) is 6.94. The lowest BCUT2D eigenvalue weighted by Gasteiger charge is -2.07. The zero-order valence-corrected chi connectivity index (χ0v) is 12.8. The average Bonchev–Trinajstić information content (AvgIpc) is 2.61. The number of hydrogen-bond donors (Lipinski definition) is 0. The molecular formula is C17H15N3O3. The number of fused-ring (bicyclic) bond motifs is 1. The van der Waals surface area contributed by atoms with Crippen molar-refractivity contribution in [2.24, 2.45) is 5.16 Å². The van der Waals surface area contributed by atoms with Crippen LogP contribution in [0.25, 0.3) is 10.9 Å². The standard InChI is InChI=1S/C17H15N3O3/c1-21-15-8-7-12(9-16(15)22-2)10-20-23-17-13-5-3-4-6-14(13)18-11-19-17/h3-11H,1-2H3/b20-10-. The molecule has 0 fully saturated rings. The van der Waals surface area contributed by atoms with E-state index in [1.165, 1.54) is 6.33 Å². The summed E-state index contributed by atoms with van der Waals surface area (Å²) in [5.41, 5.74) is 1.62. The Labute approximate surface area is 133 Å². The Morgan fingerprint density at radius 1 is 0.957 bits per heavy atom. The summed E-state index contributed by atoms with van der Waals surface area (Å²) in [6.07, 6.45) is 3.03. The van der Waals surface area contributed by atoms with Gasteiger partial charge in [0.05, 0.1) is 31.3 Å². The van der Waals surface area contributed by atoms with Gasteiger partial charge in [0.2, 0.25) is 0 Å². The number of aromatic nitrogens is 2. The third kappa shape index (κ3) is 3.21. The zero-order valence-electron chi connectivity index (χ0n) is 12.8. The highest BCUT2D eigenvalue weighted by Gasteiger charge is 2.05.